The maximum absolute atomic E-state index is 13.7. The molecule has 0 aromatic heterocycles. The molecule has 0 fully saturated rings. The Hall–Kier alpha value is -6.88. The molecule has 1 aliphatic heterocycles. The third-order valence-corrected chi connectivity index (χ3v) is 15.4. The van der Waals surface area contributed by atoms with Crippen LogP contribution in [0.2, 0.25) is 0 Å². The van der Waals surface area contributed by atoms with Gasteiger partial charge in [-0.25, -0.2) is 18.0 Å². The zero-order chi connectivity index (χ0) is 56.4. The summed E-state index contributed by atoms with van der Waals surface area (Å²) in [5, 5.41) is 67.8. The van der Waals surface area contributed by atoms with E-state index in [1.807, 2.05) is 16.1 Å². The maximum Gasteiger partial charge on any atom is 0.375 e. The molecule has 5 unspecified atom stereocenters. The highest BCUT2D eigenvalue weighted by molar-refractivity contribution is 8.03. The number of hydrogen-bond acceptors (Lipinski definition) is 22. The third kappa shape index (κ3) is 18.2. The Morgan fingerprint density at radius 3 is 1.69 bits per heavy atom. The van der Waals surface area contributed by atoms with Gasteiger partial charge in [-0.2, -0.15) is 29.9 Å². The highest BCUT2D eigenvalue weighted by Crippen LogP contribution is 2.43. The monoisotopic (exact) mass is 1140 g/mol. The Balaban J connectivity index is 1.83. The Bertz CT molecular complexity index is 2740. The summed E-state index contributed by atoms with van der Waals surface area (Å²) >= 11 is 0.876. The van der Waals surface area contributed by atoms with Crippen molar-refractivity contribution >= 4 is 103 Å². The van der Waals surface area contributed by atoms with Gasteiger partial charge in [0.2, 0.25) is 29.4 Å². The van der Waals surface area contributed by atoms with Crippen molar-refractivity contribution in [1.29, 1.82) is 0 Å². The van der Waals surface area contributed by atoms with Crippen LogP contribution in [0, 0.1) is 13.8 Å². The molecular formula is C42H52N6O23S4. The van der Waals surface area contributed by atoms with Gasteiger partial charge in [0, 0.05) is 30.1 Å². The average Bonchev–Trinajstić information content (AvgIpc) is 3.58. The number of esters is 2. The highest BCUT2D eigenvalue weighted by atomic mass is 32.2. The van der Waals surface area contributed by atoms with Gasteiger partial charge < -0.3 is 56.3 Å². The molecule has 412 valence electrons. The minimum Gasteiger partial charge on any atom is -0.501 e. The lowest BCUT2D eigenvalue weighted by Crippen LogP contribution is -2.51. The number of sulfonamides is 1. The molecular weight excluding hydrogens is 1080 g/mol. The number of carbonyl (C=O) groups excluding carboxylic acids is 6. The van der Waals surface area contributed by atoms with E-state index in [2.05, 4.69) is 14.9 Å². The smallest absolute Gasteiger partial charge is 0.375 e. The van der Waals surface area contributed by atoms with Crippen molar-refractivity contribution < 1.29 is 109 Å². The van der Waals surface area contributed by atoms with Gasteiger partial charge >= 0.3 is 45.9 Å². The number of aliphatic hydroxyl groups excluding tert-OH is 1. The van der Waals surface area contributed by atoms with E-state index in [1.54, 1.807) is 13.8 Å². The van der Waals surface area contributed by atoms with Crippen molar-refractivity contribution in [1.82, 2.24) is 31.2 Å². The van der Waals surface area contributed by atoms with E-state index < -0.39 is 185 Å². The first-order chi connectivity index (χ1) is 35.1. The second-order valence-corrected chi connectivity index (χ2v) is 21.2. The van der Waals surface area contributed by atoms with Gasteiger partial charge in [-0.15, -0.1) is 11.8 Å². The first-order valence-corrected chi connectivity index (χ1v) is 26.7. The number of nitrogens with one attached hydrogen (secondary N) is 5. The summed E-state index contributed by atoms with van der Waals surface area (Å²) in [5.41, 5.74) is 0.567. The van der Waals surface area contributed by atoms with Crippen LogP contribution in [0.5, 0.6) is 0 Å². The summed E-state index contributed by atoms with van der Waals surface area (Å²) < 4.78 is 65.9. The number of aryl methyl sites for hydroxylation is 2. The number of aliphatic hydroxyl groups is 1. The van der Waals surface area contributed by atoms with Gasteiger partial charge in [0.05, 0.1) is 21.3 Å². The second kappa shape index (κ2) is 28.1. The quantitative estimate of drug-likeness (QED) is 0.0294. The van der Waals surface area contributed by atoms with Crippen molar-refractivity contribution in [3.63, 3.8) is 0 Å². The highest BCUT2D eigenvalue weighted by Gasteiger charge is 2.56. The largest absolute Gasteiger partial charge is 0.501 e. The third-order valence-electron chi connectivity index (χ3n) is 10.1. The normalized spacial score (nSPS) is 16.1. The van der Waals surface area contributed by atoms with E-state index in [9.17, 15) is 90.4 Å². The average molecular weight is 1140 g/mol. The lowest BCUT2D eigenvalue weighted by Gasteiger charge is -2.29. The molecule has 0 saturated heterocycles. The topological polar surface area (TPSA) is 451 Å². The zero-order valence-corrected chi connectivity index (χ0v) is 43.0. The fraction of sp³-hybridized carbons (Fsp3) is 0.429. The molecule has 2 aromatic carbocycles. The van der Waals surface area contributed by atoms with Crippen LogP contribution in [0.15, 0.2) is 69.0 Å². The van der Waals surface area contributed by atoms with E-state index in [0.717, 1.165) is 12.1 Å². The Morgan fingerprint density at radius 2 is 1.21 bits per heavy atom. The van der Waals surface area contributed by atoms with Crippen molar-refractivity contribution in [3.8, 4) is 0 Å². The molecule has 0 radical (unpaired) electrons. The standard InChI is InChI=1S/C42H52N6O23S4/c1-4-69-41(63)42(21-72-19-27(36(56)43-17-32(51)52)45-31(50)16-14-29(39(60)61)48(64)74(65,66)24-9-5-22(2)6-10-24)35(34(55)40(62)70-42)73-20-28(37(57)44-18-33(53)54)46-30(49)15-13-26(38(58)59)47-71-75(67,68)25-11-7-23(3)8-12-25/h5-12,26-29,47,55,64H,4,13-21H2,1-3H3,(H,43,56)(H,44,57)(H,45,50)(H,46,49)(H,51,52)(H,53,54)(H,58,59)(H,60,61). The fourth-order valence-corrected chi connectivity index (χ4v) is 10.7. The molecule has 3 rings (SSSR count). The van der Waals surface area contributed by atoms with Gasteiger partial charge in [-0.1, -0.05) is 39.9 Å². The van der Waals surface area contributed by atoms with E-state index in [-0.39, 0.29) is 11.5 Å². The molecule has 0 bridgehead atoms. The molecule has 2 aromatic rings. The number of hydroxylamine groups is 2. The van der Waals surface area contributed by atoms with Crippen molar-refractivity contribution in [2.75, 3.05) is 37.0 Å². The Morgan fingerprint density at radius 1 is 0.720 bits per heavy atom. The summed E-state index contributed by atoms with van der Waals surface area (Å²) in [5.74, 6) is -17.5. The predicted octanol–water partition coefficient (Wildman–Crippen LogP) is -1.47. The molecule has 5 atom stereocenters. The molecule has 33 heteroatoms. The van der Waals surface area contributed by atoms with Crippen LogP contribution < -0.4 is 26.7 Å². The summed E-state index contributed by atoms with van der Waals surface area (Å²) in [4.78, 5) is 125. The lowest BCUT2D eigenvalue weighted by molar-refractivity contribution is -0.169. The second-order valence-electron chi connectivity index (χ2n) is 15.8. The molecule has 75 heavy (non-hydrogen) atoms. The number of hydrogen-bond donors (Lipinski definition) is 11. The summed E-state index contributed by atoms with van der Waals surface area (Å²) in [6.45, 7) is 2.29. The molecule has 4 amide bonds. The van der Waals surface area contributed by atoms with Gasteiger partial charge in [0.1, 0.15) is 37.3 Å². The minimum absolute atomic E-state index is 0.333. The van der Waals surface area contributed by atoms with Crippen LogP contribution >= 0.6 is 23.5 Å². The molecule has 0 spiro atoms. The number of carboxylic acids is 4. The number of carboxylic acid groups (broad SMARTS) is 4. The van der Waals surface area contributed by atoms with Crippen molar-refractivity contribution in [2.24, 2.45) is 0 Å². The Kier molecular flexibility index (Phi) is 23.4. The summed E-state index contributed by atoms with van der Waals surface area (Å²) in [7, 11) is -9.38. The molecule has 29 nitrogen and oxygen atoms in total. The fourth-order valence-electron chi connectivity index (χ4n) is 6.18. The first-order valence-electron chi connectivity index (χ1n) is 21.7. The molecule has 11 N–H and O–H groups in total. The number of aliphatic carboxylic acids is 4. The van der Waals surface area contributed by atoms with E-state index >= 15 is 0 Å². The van der Waals surface area contributed by atoms with Crippen LogP contribution in [0.1, 0.15) is 43.7 Å². The number of ether oxygens (including phenoxy) is 2. The van der Waals surface area contributed by atoms with E-state index in [1.165, 1.54) is 43.3 Å². The zero-order valence-electron chi connectivity index (χ0n) is 39.7. The van der Waals surface area contributed by atoms with Gasteiger partial charge in [0.25, 0.3) is 15.6 Å². The van der Waals surface area contributed by atoms with Crippen molar-refractivity contribution in [3.05, 3.63) is 70.3 Å². The number of benzene rings is 2. The number of amides is 4. The van der Waals surface area contributed by atoms with E-state index in [4.69, 9.17) is 14.6 Å². The molecule has 0 saturated carbocycles. The molecule has 1 aliphatic rings. The van der Waals surface area contributed by atoms with Gasteiger partial charge in [0.15, 0.2) is 0 Å². The number of rotatable bonds is 32. The Labute approximate surface area is 435 Å². The van der Waals surface area contributed by atoms with E-state index in [0.29, 0.717) is 34.7 Å². The summed E-state index contributed by atoms with van der Waals surface area (Å²) in [6, 6.07) is 2.60. The summed E-state index contributed by atoms with van der Waals surface area (Å²) in [6.07, 6.45) is -3.16. The predicted molar refractivity (Wildman–Crippen MR) is 256 cm³/mol. The number of thioether (sulfide) groups is 2. The SMILES string of the molecule is CCOC(=O)C1(CSCC(NC(=O)CCC(C(=O)O)N(O)S(=O)(=O)c2ccc(C)cc2)C(=O)NCC(=O)O)OC(=O)C(O)=C1SCC(NC(=O)CCC(NOS(=O)(=O)c1ccc(C)cc1)C(=O)O)C(=O)NCC(=O)O. The number of cyclic esters (lactones) is 1. The van der Waals surface area contributed by atoms with Gasteiger partial charge in [-0.3, -0.25) is 43.6 Å². The van der Waals surface area contributed by atoms with Crippen LogP contribution in [0.25, 0.3) is 0 Å². The first kappa shape index (κ1) is 62.4. The molecule has 0 aliphatic carbocycles. The van der Waals surface area contributed by atoms with Gasteiger partial charge in [-0.05, 0) is 57.9 Å². The van der Waals surface area contributed by atoms with Crippen LogP contribution in [0.4, 0.5) is 0 Å². The van der Waals surface area contributed by atoms with Crippen molar-refractivity contribution in [2.45, 2.75) is 86.0 Å². The lowest BCUT2D eigenvalue weighted by atomic mass is 10.1. The van der Waals surface area contributed by atoms with Crippen LogP contribution in [-0.4, -0.2) is 178 Å². The number of carbonyl (C=O) groups is 10. The maximum atomic E-state index is 13.7. The van der Waals surface area contributed by atoms with Crippen LogP contribution in [-0.2, 0) is 81.8 Å². The number of nitrogens with zero attached hydrogens (tertiary/aromatic N) is 1. The van der Waals surface area contributed by atoms with Crippen LogP contribution in [0.3, 0.4) is 0 Å². The minimum atomic E-state index is -4.84. The molecule has 1 heterocycles.